The lowest BCUT2D eigenvalue weighted by molar-refractivity contribution is 1.08. The second-order valence-electron chi connectivity index (χ2n) is 2.93. The highest BCUT2D eigenvalue weighted by molar-refractivity contribution is 5.83. The smallest absolute Gasteiger partial charge is 0.124 e. The van der Waals surface area contributed by atoms with E-state index in [1.165, 1.54) is 0 Å². The molecule has 2 rings (SSSR count). The Labute approximate surface area is 76.4 Å². The van der Waals surface area contributed by atoms with Crippen molar-refractivity contribution in [3.05, 3.63) is 35.9 Å². The number of para-hydroxylation sites is 1. The normalized spacial score (nSPS) is 10.5. The summed E-state index contributed by atoms with van der Waals surface area (Å²) in [7, 11) is 0. The van der Waals surface area contributed by atoms with Crippen LogP contribution in [0.3, 0.4) is 0 Å². The monoisotopic (exact) mass is 173 g/mol. The van der Waals surface area contributed by atoms with Crippen LogP contribution in [-0.4, -0.2) is 4.98 Å². The summed E-state index contributed by atoms with van der Waals surface area (Å²) in [6.07, 6.45) is 0. The average Bonchev–Trinajstić information content (AvgIpc) is 2.16. The van der Waals surface area contributed by atoms with E-state index in [0.29, 0.717) is 12.4 Å². The Kier molecular flexibility index (Phi) is 1.87. The quantitative estimate of drug-likeness (QED) is 0.682. The number of nitrogen functional groups attached to an aromatic ring is 1. The van der Waals surface area contributed by atoms with Gasteiger partial charge in [0.1, 0.15) is 5.82 Å². The summed E-state index contributed by atoms with van der Waals surface area (Å²) in [5, 5.41) is 1.08. The van der Waals surface area contributed by atoms with Crippen LogP contribution in [-0.2, 0) is 6.54 Å². The lowest BCUT2D eigenvalue weighted by atomic mass is 10.1. The topological polar surface area (TPSA) is 64.9 Å². The van der Waals surface area contributed by atoms with E-state index in [4.69, 9.17) is 11.5 Å². The molecule has 0 aliphatic rings. The third-order valence-corrected chi connectivity index (χ3v) is 2.04. The van der Waals surface area contributed by atoms with E-state index in [2.05, 4.69) is 4.98 Å². The van der Waals surface area contributed by atoms with E-state index in [0.717, 1.165) is 16.5 Å². The number of rotatable bonds is 1. The van der Waals surface area contributed by atoms with Crippen molar-refractivity contribution in [3.63, 3.8) is 0 Å². The second kappa shape index (κ2) is 3.03. The van der Waals surface area contributed by atoms with Crippen LogP contribution in [0.2, 0.25) is 0 Å². The highest BCUT2D eigenvalue weighted by Crippen LogP contribution is 2.18. The SMILES string of the molecule is NCc1cc(N)nc2ccccc12. The van der Waals surface area contributed by atoms with E-state index in [1.54, 1.807) is 0 Å². The first-order chi connectivity index (χ1) is 6.31. The van der Waals surface area contributed by atoms with Gasteiger partial charge in [0.2, 0.25) is 0 Å². The first-order valence-electron chi connectivity index (χ1n) is 4.15. The van der Waals surface area contributed by atoms with E-state index in [-0.39, 0.29) is 0 Å². The van der Waals surface area contributed by atoms with Crippen LogP contribution >= 0.6 is 0 Å². The highest BCUT2D eigenvalue weighted by atomic mass is 14.8. The van der Waals surface area contributed by atoms with E-state index in [1.807, 2.05) is 30.3 Å². The molecule has 0 bridgehead atoms. The summed E-state index contributed by atoms with van der Waals surface area (Å²) in [4.78, 5) is 4.21. The van der Waals surface area contributed by atoms with Gasteiger partial charge in [-0.25, -0.2) is 4.98 Å². The maximum Gasteiger partial charge on any atom is 0.124 e. The first-order valence-corrected chi connectivity index (χ1v) is 4.15. The van der Waals surface area contributed by atoms with Crippen molar-refractivity contribution >= 4 is 16.7 Å². The Morgan fingerprint density at radius 2 is 2.00 bits per heavy atom. The van der Waals surface area contributed by atoms with Gasteiger partial charge >= 0.3 is 0 Å². The van der Waals surface area contributed by atoms with Gasteiger partial charge in [-0.2, -0.15) is 0 Å². The number of benzene rings is 1. The van der Waals surface area contributed by atoms with Crippen molar-refractivity contribution in [1.82, 2.24) is 4.98 Å². The molecule has 0 spiro atoms. The number of nitrogens with zero attached hydrogens (tertiary/aromatic N) is 1. The van der Waals surface area contributed by atoms with Crippen LogP contribution in [0.1, 0.15) is 5.56 Å². The summed E-state index contributed by atoms with van der Waals surface area (Å²) >= 11 is 0. The minimum Gasteiger partial charge on any atom is -0.384 e. The Morgan fingerprint density at radius 3 is 2.77 bits per heavy atom. The predicted molar refractivity (Wildman–Crippen MR) is 54.0 cm³/mol. The summed E-state index contributed by atoms with van der Waals surface area (Å²) in [6, 6.07) is 9.67. The van der Waals surface area contributed by atoms with Crippen molar-refractivity contribution in [2.24, 2.45) is 5.73 Å². The minimum atomic E-state index is 0.493. The molecule has 0 atom stereocenters. The van der Waals surface area contributed by atoms with Gasteiger partial charge in [0, 0.05) is 11.9 Å². The summed E-state index contributed by atoms with van der Waals surface area (Å²) in [6.45, 7) is 0.493. The van der Waals surface area contributed by atoms with Gasteiger partial charge in [-0.3, -0.25) is 0 Å². The maximum atomic E-state index is 5.63. The van der Waals surface area contributed by atoms with Gasteiger partial charge < -0.3 is 11.5 Å². The van der Waals surface area contributed by atoms with Crippen LogP contribution < -0.4 is 11.5 Å². The number of hydrogen-bond acceptors (Lipinski definition) is 3. The molecule has 1 aromatic heterocycles. The molecule has 0 aliphatic heterocycles. The largest absolute Gasteiger partial charge is 0.384 e. The molecule has 0 unspecified atom stereocenters. The summed E-state index contributed by atoms with van der Waals surface area (Å²) in [5.41, 5.74) is 13.2. The third kappa shape index (κ3) is 1.34. The van der Waals surface area contributed by atoms with Crippen LogP contribution in [0.5, 0.6) is 0 Å². The first kappa shape index (κ1) is 8.01. The molecule has 1 aromatic carbocycles. The number of pyridine rings is 1. The lowest BCUT2D eigenvalue weighted by Crippen LogP contribution is -2.00. The standard InChI is InChI=1S/C10H11N3/c11-6-7-5-10(12)13-9-4-2-1-3-8(7)9/h1-5H,6,11H2,(H2,12,13). The van der Waals surface area contributed by atoms with Crippen LogP contribution in [0.25, 0.3) is 10.9 Å². The van der Waals surface area contributed by atoms with Crippen molar-refractivity contribution in [2.75, 3.05) is 5.73 Å². The molecule has 0 saturated carbocycles. The summed E-state index contributed by atoms with van der Waals surface area (Å²) < 4.78 is 0. The van der Waals surface area contributed by atoms with Crippen LogP contribution in [0.15, 0.2) is 30.3 Å². The van der Waals surface area contributed by atoms with Crippen molar-refractivity contribution in [3.8, 4) is 0 Å². The highest BCUT2D eigenvalue weighted by Gasteiger charge is 2.00. The molecule has 0 aliphatic carbocycles. The van der Waals surface area contributed by atoms with Crippen molar-refractivity contribution in [2.45, 2.75) is 6.54 Å². The van der Waals surface area contributed by atoms with Crippen molar-refractivity contribution in [1.29, 1.82) is 0 Å². The molecule has 3 nitrogen and oxygen atoms in total. The molecule has 0 radical (unpaired) electrons. The zero-order chi connectivity index (χ0) is 9.26. The van der Waals surface area contributed by atoms with Crippen LogP contribution in [0, 0.1) is 0 Å². The molecule has 4 N–H and O–H groups in total. The van der Waals surface area contributed by atoms with E-state index in [9.17, 15) is 0 Å². The molecule has 13 heavy (non-hydrogen) atoms. The number of nitrogens with two attached hydrogens (primary N) is 2. The molecule has 3 heteroatoms. The fourth-order valence-electron chi connectivity index (χ4n) is 1.44. The number of anilines is 1. The molecule has 0 saturated heterocycles. The molecule has 66 valence electrons. The number of aromatic nitrogens is 1. The fourth-order valence-corrected chi connectivity index (χ4v) is 1.44. The molecule has 2 aromatic rings. The Morgan fingerprint density at radius 1 is 1.23 bits per heavy atom. The molecular formula is C10H11N3. The van der Waals surface area contributed by atoms with Gasteiger partial charge in [-0.05, 0) is 17.7 Å². The van der Waals surface area contributed by atoms with E-state index < -0.39 is 0 Å². The third-order valence-electron chi connectivity index (χ3n) is 2.04. The Bertz CT molecular complexity index is 437. The predicted octanol–water partition coefficient (Wildman–Crippen LogP) is 1.28. The minimum absolute atomic E-state index is 0.493. The lowest BCUT2D eigenvalue weighted by Gasteiger charge is -2.04. The molecular weight excluding hydrogens is 162 g/mol. The molecule has 0 amide bonds. The fraction of sp³-hybridized carbons (Fsp3) is 0.100. The Hall–Kier alpha value is -1.61. The van der Waals surface area contributed by atoms with Gasteiger partial charge in [0.15, 0.2) is 0 Å². The zero-order valence-corrected chi connectivity index (χ0v) is 7.20. The maximum absolute atomic E-state index is 5.63. The van der Waals surface area contributed by atoms with E-state index >= 15 is 0 Å². The van der Waals surface area contributed by atoms with Gasteiger partial charge in [0.25, 0.3) is 0 Å². The number of fused-ring (bicyclic) bond motifs is 1. The zero-order valence-electron chi connectivity index (χ0n) is 7.20. The number of hydrogen-bond donors (Lipinski definition) is 2. The Balaban J connectivity index is 2.81. The average molecular weight is 173 g/mol. The summed E-state index contributed by atoms with van der Waals surface area (Å²) in [5.74, 6) is 0.527. The van der Waals surface area contributed by atoms with Crippen molar-refractivity contribution < 1.29 is 0 Å². The van der Waals surface area contributed by atoms with Gasteiger partial charge in [-0.15, -0.1) is 0 Å². The van der Waals surface area contributed by atoms with Crippen LogP contribution in [0.4, 0.5) is 5.82 Å². The van der Waals surface area contributed by atoms with Gasteiger partial charge in [0.05, 0.1) is 5.52 Å². The molecule has 0 fully saturated rings. The molecule has 1 heterocycles. The van der Waals surface area contributed by atoms with Gasteiger partial charge in [-0.1, -0.05) is 18.2 Å². The second-order valence-corrected chi connectivity index (χ2v) is 2.93.